The Labute approximate surface area is 86.3 Å². The van der Waals surface area contributed by atoms with Crippen molar-refractivity contribution in [2.75, 3.05) is 6.61 Å². The minimum Gasteiger partial charge on any atom is -0.463 e. The molecule has 14 heavy (non-hydrogen) atoms. The Hall–Kier alpha value is -1.57. The minimum atomic E-state index is 0.263. The van der Waals surface area contributed by atoms with Crippen molar-refractivity contribution >= 4 is 6.47 Å². The average Bonchev–Trinajstić information content (AvgIpc) is 2.11. The molecule has 0 saturated heterocycles. The van der Waals surface area contributed by atoms with Crippen LogP contribution in [0.15, 0.2) is 49.1 Å². The van der Waals surface area contributed by atoms with E-state index in [1.165, 1.54) is 5.57 Å². The van der Waals surface area contributed by atoms with E-state index >= 15 is 0 Å². The summed E-state index contributed by atoms with van der Waals surface area (Å²) in [6.45, 7) is 15.2. The van der Waals surface area contributed by atoms with Crippen LogP contribution in [0.1, 0.15) is 13.8 Å². The minimum absolute atomic E-state index is 0.263. The summed E-state index contributed by atoms with van der Waals surface area (Å²) in [5.41, 5.74) is 2.00. The normalized spacial score (nSPS) is 9.14. The van der Waals surface area contributed by atoms with Crippen molar-refractivity contribution in [3.8, 4) is 0 Å². The molecule has 0 aliphatic heterocycles. The lowest BCUT2D eigenvalue weighted by molar-refractivity contribution is -0.127. The zero-order chi connectivity index (χ0) is 11.4. The molecule has 2 heteroatoms. The fraction of sp³-hybridized carbons (Fsp3) is 0.250. The summed E-state index contributed by atoms with van der Waals surface area (Å²) in [5.74, 6) is 0. The Morgan fingerprint density at radius 2 is 1.86 bits per heavy atom. The quantitative estimate of drug-likeness (QED) is 0.382. The highest BCUT2D eigenvalue weighted by Crippen LogP contribution is 1.95. The third-order valence-electron chi connectivity index (χ3n) is 0.912. The van der Waals surface area contributed by atoms with Crippen LogP contribution in [-0.4, -0.2) is 13.1 Å². The Balaban J connectivity index is 0. The lowest BCUT2D eigenvalue weighted by Gasteiger charge is -1.96. The second kappa shape index (κ2) is 11.4. The lowest BCUT2D eigenvalue weighted by Crippen LogP contribution is -1.92. The van der Waals surface area contributed by atoms with Crippen LogP contribution in [0.25, 0.3) is 0 Å². The summed E-state index contributed by atoms with van der Waals surface area (Å²) in [4.78, 5) is 9.72. The zero-order valence-corrected chi connectivity index (χ0v) is 8.95. The first-order valence-electron chi connectivity index (χ1n) is 4.19. The number of allylic oxidation sites excluding steroid dienone is 3. The van der Waals surface area contributed by atoms with Crippen LogP contribution in [0, 0.1) is 0 Å². The van der Waals surface area contributed by atoms with Gasteiger partial charge in [-0.25, -0.2) is 0 Å². The Bertz CT molecular complexity index is 220. The first-order valence-corrected chi connectivity index (χ1v) is 4.19. The Kier molecular flexibility index (Phi) is 12.2. The van der Waals surface area contributed by atoms with Crippen molar-refractivity contribution in [2.24, 2.45) is 0 Å². The molecule has 78 valence electrons. The largest absolute Gasteiger partial charge is 0.463 e. The van der Waals surface area contributed by atoms with Gasteiger partial charge in [0.1, 0.15) is 6.61 Å². The van der Waals surface area contributed by atoms with Crippen LogP contribution in [-0.2, 0) is 9.53 Å². The van der Waals surface area contributed by atoms with Crippen LogP contribution >= 0.6 is 0 Å². The van der Waals surface area contributed by atoms with Crippen LogP contribution in [0.2, 0.25) is 0 Å². The summed E-state index contributed by atoms with van der Waals surface area (Å²) in [6.07, 6.45) is 4.97. The van der Waals surface area contributed by atoms with E-state index in [-0.39, 0.29) is 6.61 Å². The van der Waals surface area contributed by atoms with Crippen molar-refractivity contribution < 1.29 is 9.53 Å². The second-order valence-corrected chi connectivity index (χ2v) is 2.80. The number of carbonyl (C=O) groups is 1. The molecule has 0 radical (unpaired) electrons. The monoisotopic (exact) mass is 194 g/mol. The van der Waals surface area contributed by atoms with Crippen molar-refractivity contribution in [1.82, 2.24) is 0 Å². The smallest absolute Gasteiger partial charge is 0.293 e. The predicted octanol–water partition coefficient (Wildman–Crippen LogP) is 3.04. The number of hydrogen-bond donors (Lipinski definition) is 0. The molecule has 0 rings (SSSR count). The van der Waals surface area contributed by atoms with Gasteiger partial charge < -0.3 is 4.74 Å². The van der Waals surface area contributed by atoms with E-state index in [1.54, 1.807) is 18.2 Å². The fourth-order valence-corrected chi connectivity index (χ4v) is 0.457. The molecular formula is C12H18O2. The fourth-order valence-electron chi connectivity index (χ4n) is 0.457. The summed E-state index contributed by atoms with van der Waals surface area (Å²) < 4.78 is 4.47. The average molecular weight is 194 g/mol. The molecule has 0 aromatic heterocycles. The highest BCUT2D eigenvalue weighted by molar-refractivity contribution is 5.38. The van der Waals surface area contributed by atoms with Gasteiger partial charge >= 0.3 is 0 Å². The molecule has 0 amide bonds. The molecule has 0 fully saturated rings. The van der Waals surface area contributed by atoms with Crippen molar-refractivity contribution in [1.29, 1.82) is 0 Å². The Morgan fingerprint density at radius 1 is 1.36 bits per heavy atom. The van der Waals surface area contributed by atoms with Crippen LogP contribution < -0.4 is 0 Å². The van der Waals surface area contributed by atoms with Crippen LogP contribution in [0.5, 0.6) is 0 Å². The third-order valence-corrected chi connectivity index (χ3v) is 0.912. The van der Waals surface area contributed by atoms with Gasteiger partial charge in [0.2, 0.25) is 0 Å². The van der Waals surface area contributed by atoms with E-state index in [2.05, 4.69) is 24.5 Å². The van der Waals surface area contributed by atoms with E-state index < -0.39 is 0 Å². The molecule has 0 bridgehead atoms. The summed E-state index contributed by atoms with van der Waals surface area (Å²) in [7, 11) is 0. The van der Waals surface area contributed by atoms with E-state index in [9.17, 15) is 4.79 Å². The van der Waals surface area contributed by atoms with Gasteiger partial charge in [-0.15, -0.1) is 6.58 Å². The Morgan fingerprint density at radius 3 is 2.14 bits per heavy atom. The topological polar surface area (TPSA) is 26.3 Å². The van der Waals surface area contributed by atoms with Crippen LogP contribution in [0.4, 0.5) is 0 Å². The van der Waals surface area contributed by atoms with Gasteiger partial charge in [0.25, 0.3) is 6.47 Å². The van der Waals surface area contributed by atoms with E-state index in [1.807, 2.05) is 13.8 Å². The zero-order valence-electron chi connectivity index (χ0n) is 8.95. The third kappa shape index (κ3) is 16.8. The predicted molar refractivity (Wildman–Crippen MR) is 61.0 cm³/mol. The number of rotatable bonds is 5. The second-order valence-electron chi connectivity index (χ2n) is 2.80. The van der Waals surface area contributed by atoms with Gasteiger partial charge in [0, 0.05) is 0 Å². The first-order chi connectivity index (χ1) is 6.58. The summed E-state index contributed by atoms with van der Waals surface area (Å²) >= 11 is 0. The van der Waals surface area contributed by atoms with Gasteiger partial charge in [-0.1, -0.05) is 37.0 Å². The molecule has 0 aliphatic rings. The standard InChI is InChI=1S/C8H10O2.C4H8/c1-3-5-8(4-2)6-10-7-9;1-4(2)3/h3-5,7H,1-2,6H2;1H2,2-3H3/b8-5+;. The van der Waals surface area contributed by atoms with Crippen molar-refractivity contribution in [2.45, 2.75) is 13.8 Å². The molecule has 0 unspecified atom stereocenters. The van der Waals surface area contributed by atoms with Gasteiger partial charge in [0.15, 0.2) is 0 Å². The number of carbonyl (C=O) groups excluding carboxylic acids is 1. The number of ether oxygens (including phenoxy) is 1. The van der Waals surface area contributed by atoms with E-state index in [0.29, 0.717) is 6.47 Å². The molecule has 0 atom stereocenters. The van der Waals surface area contributed by atoms with Crippen molar-refractivity contribution in [3.05, 3.63) is 49.1 Å². The lowest BCUT2D eigenvalue weighted by atomic mass is 10.2. The molecule has 2 nitrogen and oxygen atoms in total. The molecule has 0 spiro atoms. The van der Waals surface area contributed by atoms with Gasteiger partial charge in [-0.2, -0.15) is 0 Å². The molecule has 0 saturated carbocycles. The molecule has 0 heterocycles. The SMILES string of the molecule is C=C(C)C.C=C/C=C(\C=C)COC=O. The van der Waals surface area contributed by atoms with Gasteiger partial charge in [-0.3, -0.25) is 4.79 Å². The first kappa shape index (κ1) is 14.9. The van der Waals surface area contributed by atoms with Crippen molar-refractivity contribution in [3.63, 3.8) is 0 Å². The molecule has 0 aliphatic carbocycles. The summed E-state index contributed by atoms with van der Waals surface area (Å²) in [5, 5.41) is 0. The molecule has 0 aromatic carbocycles. The van der Waals surface area contributed by atoms with E-state index in [4.69, 9.17) is 0 Å². The maximum absolute atomic E-state index is 9.72. The molecule has 0 N–H and O–H groups in total. The summed E-state index contributed by atoms with van der Waals surface area (Å²) in [6, 6.07) is 0. The highest BCUT2D eigenvalue weighted by Gasteiger charge is 1.87. The molecular weight excluding hydrogens is 176 g/mol. The van der Waals surface area contributed by atoms with Gasteiger partial charge in [-0.05, 0) is 19.4 Å². The highest BCUT2D eigenvalue weighted by atomic mass is 16.5. The van der Waals surface area contributed by atoms with Crippen LogP contribution in [0.3, 0.4) is 0 Å². The molecule has 0 aromatic rings. The maximum Gasteiger partial charge on any atom is 0.293 e. The van der Waals surface area contributed by atoms with E-state index in [0.717, 1.165) is 5.57 Å². The maximum atomic E-state index is 9.72. The number of hydrogen-bond acceptors (Lipinski definition) is 2. The van der Waals surface area contributed by atoms with Gasteiger partial charge in [0.05, 0.1) is 0 Å².